The van der Waals surface area contributed by atoms with Crippen LogP contribution in [0.3, 0.4) is 0 Å². The highest BCUT2D eigenvalue weighted by Gasteiger charge is 2.39. The van der Waals surface area contributed by atoms with Crippen molar-refractivity contribution in [2.75, 3.05) is 31.1 Å². The molecule has 0 radical (unpaired) electrons. The fourth-order valence-corrected chi connectivity index (χ4v) is 5.24. The molecule has 0 saturated carbocycles. The van der Waals surface area contributed by atoms with Gasteiger partial charge in [0.05, 0.1) is 29.2 Å². The topological polar surface area (TPSA) is 86.7 Å². The van der Waals surface area contributed by atoms with Gasteiger partial charge < -0.3 is 10.4 Å². The number of aliphatic hydroxyl groups is 1. The van der Waals surface area contributed by atoms with Crippen LogP contribution in [-0.4, -0.2) is 66.6 Å². The third-order valence-corrected chi connectivity index (χ3v) is 5.97. The average Bonchev–Trinajstić information content (AvgIpc) is 2.50. The van der Waals surface area contributed by atoms with Crippen LogP contribution in [0.25, 0.3) is 0 Å². The first-order valence-electron chi connectivity index (χ1n) is 7.05. The van der Waals surface area contributed by atoms with Crippen molar-refractivity contribution in [2.45, 2.75) is 44.2 Å². The lowest BCUT2D eigenvalue weighted by Crippen LogP contribution is -2.53. The molecule has 0 spiro atoms. The average molecular weight is 304 g/mol. The lowest BCUT2D eigenvalue weighted by Gasteiger charge is -2.37. The number of sulfone groups is 1. The van der Waals surface area contributed by atoms with E-state index in [1.165, 1.54) is 0 Å². The minimum Gasteiger partial charge on any atom is -0.389 e. The van der Waals surface area contributed by atoms with E-state index in [1.54, 1.807) is 13.8 Å². The molecule has 0 aromatic rings. The first-order valence-corrected chi connectivity index (χ1v) is 8.88. The monoisotopic (exact) mass is 304 g/mol. The van der Waals surface area contributed by atoms with Gasteiger partial charge in [0.15, 0.2) is 9.84 Å². The maximum absolute atomic E-state index is 12.1. The number of carbonyl (C=O) groups excluding carboxylic acids is 1. The summed E-state index contributed by atoms with van der Waals surface area (Å²) >= 11 is 0. The van der Waals surface area contributed by atoms with E-state index in [-0.39, 0.29) is 24.0 Å². The molecule has 2 unspecified atom stereocenters. The van der Waals surface area contributed by atoms with Crippen LogP contribution in [-0.2, 0) is 14.6 Å². The van der Waals surface area contributed by atoms with Crippen LogP contribution in [0.1, 0.15) is 33.1 Å². The standard InChI is InChI=1S/C13H24N2O4S/c1-12(5-7-20(18,19)10-12)14-11(16)8-15-6-3-4-13(2,17)9-15/h17H,3-10H2,1-2H3,(H,14,16). The molecular weight excluding hydrogens is 280 g/mol. The van der Waals surface area contributed by atoms with E-state index in [0.29, 0.717) is 13.0 Å². The number of piperidine rings is 1. The van der Waals surface area contributed by atoms with Crippen molar-refractivity contribution in [3.8, 4) is 0 Å². The number of nitrogens with one attached hydrogen (secondary N) is 1. The molecule has 116 valence electrons. The molecule has 2 aliphatic rings. The number of nitrogens with zero attached hydrogens (tertiary/aromatic N) is 1. The zero-order chi connectivity index (χ0) is 15.0. The molecule has 0 bridgehead atoms. The summed E-state index contributed by atoms with van der Waals surface area (Å²) in [6.07, 6.45) is 2.09. The highest BCUT2D eigenvalue weighted by Crippen LogP contribution is 2.23. The van der Waals surface area contributed by atoms with Gasteiger partial charge in [0.1, 0.15) is 0 Å². The van der Waals surface area contributed by atoms with Gasteiger partial charge in [-0.25, -0.2) is 8.42 Å². The minimum atomic E-state index is -3.02. The van der Waals surface area contributed by atoms with Crippen LogP contribution in [0.5, 0.6) is 0 Å². The molecule has 2 atom stereocenters. The third-order valence-electron chi connectivity index (χ3n) is 4.07. The number of amides is 1. The second-order valence-electron chi connectivity index (χ2n) is 6.76. The fraction of sp³-hybridized carbons (Fsp3) is 0.923. The summed E-state index contributed by atoms with van der Waals surface area (Å²) < 4.78 is 23.0. The van der Waals surface area contributed by atoms with E-state index in [9.17, 15) is 18.3 Å². The molecule has 6 nitrogen and oxygen atoms in total. The molecule has 1 amide bonds. The zero-order valence-corrected chi connectivity index (χ0v) is 13.0. The molecule has 2 N–H and O–H groups in total. The van der Waals surface area contributed by atoms with Crippen molar-refractivity contribution >= 4 is 15.7 Å². The number of hydrogen-bond donors (Lipinski definition) is 2. The van der Waals surface area contributed by atoms with Gasteiger partial charge >= 0.3 is 0 Å². The maximum atomic E-state index is 12.1. The summed E-state index contributed by atoms with van der Waals surface area (Å²) in [6.45, 7) is 5.05. The highest BCUT2D eigenvalue weighted by atomic mass is 32.2. The van der Waals surface area contributed by atoms with Gasteiger partial charge in [0, 0.05) is 6.54 Å². The van der Waals surface area contributed by atoms with Crippen LogP contribution in [0, 0.1) is 0 Å². The number of carbonyl (C=O) groups is 1. The van der Waals surface area contributed by atoms with Crippen molar-refractivity contribution in [3.63, 3.8) is 0 Å². The second kappa shape index (κ2) is 5.27. The molecule has 20 heavy (non-hydrogen) atoms. The molecule has 2 aliphatic heterocycles. The Morgan fingerprint density at radius 1 is 1.35 bits per heavy atom. The number of likely N-dealkylation sites (tertiary alicyclic amines) is 1. The van der Waals surface area contributed by atoms with Crippen molar-refractivity contribution in [2.24, 2.45) is 0 Å². The van der Waals surface area contributed by atoms with E-state index in [0.717, 1.165) is 19.4 Å². The van der Waals surface area contributed by atoms with Gasteiger partial charge in [-0.3, -0.25) is 9.69 Å². The largest absolute Gasteiger partial charge is 0.389 e. The van der Waals surface area contributed by atoms with E-state index in [1.807, 2.05) is 4.90 Å². The number of β-amino-alcohol motifs (C(OH)–C–C–N with tert-alkyl or cyclic N) is 1. The first kappa shape index (κ1) is 15.7. The Bertz CT molecular complexity index is 489. The van der Waals surface area contributed by atoms with E-state index in [4.69, 9.17) is 0 Å². The SMILES string of the molecule is CC1(O)CCCN(CC(=O)NC2(C)CCS(=O)(=O)C2)C1. The summed E-state index contributed by atoms with van der Waals surface area (Å²) in [4.78, 5) is 14.0. The predicted molar refractivity (Wildman–Crippen MR) is 76.1 cm³/mol. The Morgan fingerprint density at radius 2 is 2.05 bits per heavy atom. The molecule has 0 aromatic heterocycles. The summed E-state index contributed by atoms with van der Waals surface area (Å²) in [5, 5.41) is 12.9. The molecule has 0 aromatic carbocycles. The summed E-state index contributed by atoms with van der Waals surface area (Å²) in [5.74, 6) is -0.00614. The van der Waals surface area contributed by atoms with Crippen LogP contribution in [0.2, 0.25) is 0 Å². The molecule has 2 saturated heterocycles. The van der Waals surface area contributed by atoms with Gasteiger partial charge in [-0.1, -0.05) is 0 Å². The summed E-state index contributed by atoms with van der Waals surface area (Å²) in [7, 11) is -3.02. The predicted octanol–water partition coefficient (Wildman–Crippen LogP) is -0.473. The highest BCUT2D eigenvalue weighted by molar-refractivity contribution is 7.91. The zero-order valence-electron chi connectivity index (χ0n) is 12.2. The van der Waals surface area contributed by atoms with E-state index in [2.05, 4.69) is 5.32 Å². The van der Waals surface area contributed by atoms with Gasteiger partial charge in [-0.05, 0) is 39.7 Å². The Hall–Kier alpha value is -0.660. The van der Waals surface area contributed by atoms with Crippen molar-refractivity contribution < 1.29 is 18.3 Å². The van der Waals surface area contributed by atoms with Crippen LogP contribution >= 0.6 is 0 Å². The third kappa shape index (κ3) is 4.17. The molecule has 7 heteroatoms. The van der Waals surface area contributed by atoms with Gasteiger partial charge in [0.25, 0.3) is 0 Å². The molecule has 2 heterocycles. The number of hydrogen-bond acceptors (Lipinski definition) is 5. The van der Waals surface area contributed by atoms with Gasteiger partial charge in [-0.15, -0.1) is 0 Å². The smallest absolute Gasteiger partial charge is 0.234 e. The lowest BCUT2D eigenvalue weighted by molar-refractivity contribution is -0.125. The van der Waals surface area contributed by atoms with Crippen molar-refractivity contribution in [1.82, 2.24) is 10.2 Å². The number of rotatable bonds is 3. The Morgan fingerprint density at radius 3 is 2.60 bits per heavy atom. The van der Waals surface area contributed by atoms with Crippen LogP contribution in [0.4, 0.5) is 0 Å². The molecule has 0 aliphatic carbocycles. The first-order chi connectivity index (χ1) is 9.09. The van der Waals surface area contributed by atoms with Crippen LogP contribution < -0.4 is 5.32 Å². The van der Waals surface area contributed by atoms with Gasteiger partial charge in [0.2, 0.25) is 5.91 Å². The summed E-state index contributed by atoms with van der Waals surface area (Å²) in [5.41, 5.74) is -1.38. The van der Waals surface area contributed by atoms with E-state index >= 15 is 0 Å². The Balaban J connectivity index is 1.87. The summed E-state index contributed by atoms with van der Waals surface area (Å²) in [6, 6.07) is 0. The maximum Gasteiger partial charge on any atom is 0.234 e. The normalized spacial score (nSPS) is 37.8. The Kier molecular flexibility index (Phi) is 4.15. The Labute approximate surface area is 120 Å². The van der Waals surface area contributed by atoms with Crippen molar-refractivity contribution in [3.05, 3.63) is 0 Å². The second-order valence-corrected chi connectivity index (χ2v) is 8.95. The van der Waals surface area contributed by atoms with Gasteiger partial charge in [-0.2, -0.15) is 0 Å². The molecule has 2 fully saturated rings. The van der Waals surface area contributed by atoms with E-state index < -0.39 is 21.0 Å². The minimum absolute atomic E-state index is 0.0173. The fourth-order valence-electron chi connectivity index (χ4n) is 3.15. The van der Waals surface area contributed by atoms with Crippen LogP contribution in [0.15, 0.2) is 0 Å². The van der Waals surface area contributed by atoms with Crippen molar-refractivity contribution in [1.29, 1.82) is 0 Å². The quantitative estimate of drug-likeness (QED) is 0.736. The molecule has 2 rings (SSSR count). The molecular formula is C13H24N2O4S. The lowest BCUT2D eigenvalue weighted by atomic mass is 9.95.